The van der Waals surface area contributed by atoms with Crippen molar-refractivity contribution in [1.82, 2.24) is 14.6 Å². The van der Waals surface area contributed by atoms with Crippen molar-refractivity contribution in [1.29, 1.82) is 0 Å². The van der Waals surface area contributed by atoms with Crippen LogP contribution in [0.2, 0.25) is 0 Å². The summed E-state index contributed by atoms with van der Waals surface area (Å²) in [6.45, 7) is 5.83. The Hall–Kier alpha value is -3.47. The number of carbonyl (C=O) groups excluding carboxylic acids is 1. The van der Waals surface area contributed by atoms with Gasteiger partial charge in [0.15, 0.2) is 5.65 Å². The van der Waals surface area contributed by atoms with Gasteiger partial charge >= 0.3 is 0 Å². The van der Waals surface area contributed by atoms with E-state index in [0.29, 0.717) is 23.3 Å². The van der Waals surface area contributed by atoms with Gasteiger partial charge in [-0.15, -0.1) is 0 Å². The number of aryl methyl sites for hydroxylation is 3. The average molecular weight is 399 g/mol. The number of aromatic amines is 1. The summed E-state index contributed by atoms with van der Waals surface area (Å²) in [6, 6.07) is 17.9. The molecule has 0 fully saturated rings. The molecular formula is C25H25N3O2. The van der Waals surface area contributed by atoms with Crippen LogP contribution in [0.1, 0.15) is 35.0 Å². The lowest BCUT2D eigenvalue weighted by Crippen LogP contribution is -2.24. The number of aromatic nitrogens is 3. The molecule has 0 saturated carbocycles. The molecule has 4 aromatic rings. The molecule has 0 unspecified atom stereocenters. The molecule has 0 bridgehead atoms. The highest BCUT2D eigenvalue weighted by molar-refractivity contribution is 5.84. The molecule has 0 atom stereocenters. The Morgan fingerprint density at radius 1 is 0.967 bits per heavy atom. The van der Waals surface area contributed by atoms with Crippen molar-refractivity contribution in [3.05, 3.63) is 93.0 Å². The predicted molar refractivity (Wildman–Crippen MR) is 119 cm³/mol. The third kappa shape index (κ3) is 3.71. The van der Waals surface area contributed by atoms with E-state index in [2.05, 4.69) is 12.0 Å². The average Bonchev–Trinajstić information content (AvgIpc) is 3.08. The van der Waals surface area contributed by atoms with Crippen molar-refractivity contribution in [2.24, 2.45) is 0 Å². The first kappa shape index (κ1) is 19.8. The van der Waals surface area contributed by atoms with Crippen LogP contribution in [0.4, 0.5) is 0 Å². The molecule has 4 rings (SSSR count). The van der Waals surface area contributed by atoms with Gasteiger partial charge in [0.25, 0.3) is 5.56 Å². The van der Waals surface area contributed by atoms with Gasteiger partial charge in [-0.05, 0) is 37.0 Å². The van der Waals surface area contributed by atoms with E-state index in [0.717, 1.165) is 28.8 Å². The van der Waals surface area contributed by atoms with E-state index >= 15 is 0 Å². The zero-order valence-corrected chi connectivity index (χ0v) is 17.5. The van der Waals surface area contributed by atoms with Crippen LogP contribution in [0.25, 0.3) is 16.8 Å². The molecule has 1 N–H and O–H groups in total. The summed E-state index contributed by atoms with van der Waals surface area (Å²) in [5, 5.41) is 3.13. The van der Waals surface area contributed by atoms with Crippen LogP contribution in [-0.2, 0) is 24.1 Å². The molecule has 2 aromatic heterocycles. The van der Waals surface area contributed by atoms with E-state index in [1.54, 1.807) is 6.92 Å². The smallest absolute Gasteiger partial charge is 0.276 e. The molecule has 30 heavy (non-hydrogen) atoms. The normalized spacial score (nSPS) is 11.2. The second kappa shape index (κ2) is 8.11. The van der Waals surface area contributed by atoms with Gasteiger partial charge in [0, 0.05) is 35.4 Å². The third-order valence-corrected chi connectivity index (χ3v) is 5.53. The van der Waals surface area contributed by atoms with Crippen molar-refractivity contribution in [3.8, 4) is 11.1 Å². The van der Waals surface area contributed by atoms with Gasteiger partial charge in [-0.25, -0.2) is 9.50 Å². The Morgan fingerprint density at radius 3 is 2.30 bits per heavy atom. The number of H-pyrrole nitrogens is 1. The molecule has 5 heteroatoms. The van der Waals surface area contributed by atoms with Crippen LogP contribution >= 0.6 is 0 Å². The summed E-state index contributed by atoms with van der Waals surface area (Å²) in [4.78, 5) is 30.5. The number of rotatable bonds is 6. The second-order valence-electron chi connectivity index (χ2n) is 7.68. The first-order chi connectivity index (χ1) is 14.5. The zero-order valence-electron chi connectivity index (χ0n) is 17.5. The van der Waals surface area contributed by atoms with Crippen LogP contribution in [0.15, 0.2) is 59.4 Å². The Labute approximate surface area is 175 Å². The van der Waals surface area contributed by atoms with Gasteiger partial charge in [-0.2, -0.15) is 0 Å². The Bertz CT molecular complexity index is 1270. The van der Waals surface area contributed by atoms with Crippen LogP contribution in [0, 0.1) is 13.8 Å². The van der Waals surface area contributed by atoms with Crippen LogP contribution in [0.3, 0.4) is 0 Å². The minimum absolute atomic E-state index is 0.00718. The summed E-state index contributed by atoms with van der Waals surface area (Å²) in [6.07, 6.45) is 1.36. The van der Waals surface area contributed by atoms with E-state index in [1.165, 1.54) is 10.1 Å². The molecule has 2 aromatic carbocycles. The number of benzene rings is 2. The number of hydrogen-bond acceptors (Lipinski definition) is 3. The number of carbonyl (C=O) groups is 1. The monoisotopic (exact) mass is 399 g/mol. The lowest BCUT2D eigenvalue weighted by molar-refractivity contribution is -0.117. The van der Waals surface area contributed by atoms with Crippen molar-refractivity contribution in [2.45, 2.75) is 40.0 Å². The second-order valence-corrected chi connectivity index (χ2v) is 7.68. The number of Topliss-reactive ketones (excluding diaryl/α,β-unsaturated/α-hetero) is 1. The number of hydrogen-bond donors (Lipinski definition) is 1. The molecule has 0 aliphatic carbocycles. The lowest BCUT2D eigenvalue weighted by atomic mass is 10.0. The summed E-state index contributed by atoms with van der Waals surface area (Å²) in [5.41, 5.74) is 6.41. The highest BCUT2D eigenvalue weighted by Gasteiger charge is 2.19. The molecule has 0 amide bonds. The maximum atomic E-state index is 13.2. The molecule has 2 heterocycles. The predicted octanol–water partition coefficient (Wildman–Crippen LogP) is 4.22. The molecule has 0 aliphatic rings. The number of nitrogens with one attached hydrogen (secondary N) is 1. The number of fused-ring (bicyclic) bond motifs is 1. The number of nitrogens with zero attached hydrogens (tertiary/aromatic N) is 2. The minimum atomic E-state index is -0.211. The molecular weight excluding hydrogens is 374 g/mol. The summed E-state index contributed by atoms with van der Waals surface area (Å²) >= 11 is 0. The Balaban J connectivity index is 1.66. The van der Waals surface area contributed by atoms with Crippen LogP contribution in [0.5, 0.6) is 0 Å². The highest BCUT2D eigenvalue weighted by Crippen LogP contribution is 2.26. The fraction of sp³-hybridized carbons (Fsp3) is 0.240. The SMILES string of the molecule is CCc1ccc(CC(=O)Cc2c(C)nc3c(-c4ccccc4)c(C)[nH]n3c2=O)cc1. The highest BCUT2D eigenvalue weighted by atomic mass is 16.1. The molecule has 0 aliphatic heterocycles. The quantitative estimate of drug-likeness (QED) is 0.528. The fourth-order valence-electron chi connectivity index (χ4n) is 3.86. The van der Waals surface area contributed by atoms with Crippen molar-refractivity contribution >= 4 is 11.4 Å². The lowest BCUT2D eigenvalue weighted by Gasteiger charge is -2.07. The molecule has 0 spiro atoms. The van der Waals surface area contributed by atoms with Crippen molar-refractivity contribution in [2.75, 3.05) is 0 Å². The van der Waals surface area contributed by atoms with Gasteiger partial charge in [-0.1, -0.05) is 61.5 Å². The first-order valence-corrected chi connectivity index (χ1v) is 10.2. The topological polar surface area (TPSA) is 67.2 Å². The van der Waals surface area contributed by atoms with Crippen LogP contribution in [-0.4, -0.2) is 20.4 Å². The number of ketones is 1. The Kier molecular flexibility index (Phi) is 5.36. The minimum Gasteiger partial charge on any atom is -0.299 e. The standard InChI is InChI=1S/C25H25N3O2/c1-4-18-10-12-19(13-11-18)14-21(29)15-22-16(2)26-24-23(20-8-6-5-7-9-20)17(3)27-28(24)25(22)30/h5-13,27H,4,14-15H2,1-3H3. The van der Waals surface area contributed by atoms with Gasteiger partial charge in [0.1, 0.15) is 5.78 Å². The first-order valence-electron chi connectivity index (χ1n) is 10.2. The molecule has 0 saturated heterocycles. The van der Waals surface area contributed by atoms with E-state index in [1.807, 2.05) is 61.5 Å². The largest absolute Gasteiger partial charge is 0.299 e. The van der Waals surface area contributed by atoms with Crippen molar-refractivity contribution < 1.29 is 4.79 Å². The third-order valence-electron chi connectivity index (χ3n) is 5.53. The molecule has 152 valence electrons. The van der Waals surface area contributed by atoms with E-state index in [-0.39, 0.29) is 17.8 Å². The van der Waals surface area contributed by atoms with Gasteiger partial charge in [-0.3, -0.25) is 14.7 Å². The van der Waals surface area contributed by atoms with Crippen LogP contribution < -0.4 is 5.56 Å². The van der Waals surface area contributed by atoms with Gasteiger partial charge < -0.3 is 0 Å². The maximum absolute atomic E-state index is 13.2. The summed E-state index contributed by atoms with van der Waals surface area (Å²) < 4.78 is 1.46. The van der Waals surface area contributed by atoms with Gasteiger partial charge in [0.2, 0.25) is 0 Å². The van der Waals surface area contributed by atoms with E-state index in [9.17, 15) is 9.59 Å². The van der Waals surface area contributed by atoms with Gasteiger partial charge in [0.05, 0.1) is 0 Å². The van der Waals surface area contributed by atoms with Crippen molar-refractivity contribution in [3.63, 3.8) is 0 Å². The summed E-state index contributed by atoms with van der Waals surface area (Å²) in [5.74, 6) is 0.00718. The van der Waals surface area contributed by atoms with E-state index < -0.39 is 0 Å². The summed E-state index contributed by atoms with van der Waals surface area (Å²) in [7, 11) is 0. The Morgan fingerprint density at radius 2 is 1.63 bits per heavy atom. The molecule has 0 radical (unpaired) electrons. The maximum Gasteiger partial charge on any atom is 0.276 e. The fourth-order valence-corrected chi connectivity index (χ4v) is 3.86. The van der Waals surface area contributed by atoms with E-state index in [4.69, 9.17) is 4.98 Å². The zero-order chi connectivity index (χ0) is 21.3. The molecule has 5 nitrogen and oxygen atoms in total.